The molecule has 1 aromatic carbocycles. The van der Waals surface area contributed by atoms with Crippen molar-refractivity contribution < 1.29 is 19.1 Å². The lowest BCUT2D eigenvalue weighted by Gasteiger charge is -2.16. The van der Waals surface area contributed by atoms with Gasteiger partial charge in [0.1, 0.15) is 11.5 Å². The first-order valence-electron chi connectivity index (χ1n) is 6.15. The molecular formula is C14H16O4. The molecule has 18 heavy (non-hydrogen) atoms. The molecule has 0 N–H and O–H groups in total. The summed E-state index contributed by atoms with van der Waals surface area (Å²) in [5.74, 6) is 0.516. The molecule has 1 unspecified atom stereocenters. The molecule has 0 aliphatic carbocycles. The predicted octanol–water partition coefficient (Wildman–Crippen LogP) is 2.49. The standard InChI is InChI=1S/C14H16O4/c1-3-9(2)14(16)17-11-5-6-12-10(8-11)4-7-13(15)18-12/h5-6,8-9H,3-4,7H2,1-2H3. The summed E-state index contributed by atoms with van der Waals surface area (Å²) in [4.78, 5) is 22.8. The lowest BCUT2D eigenvalue weighted by Crippen LogP contribution is -2.18. The number of carbonyl (C=O) groups is 2. The zero-order chi connectivity index (χ0) is 13.1. The summed E-state index contributed by atoms with van der Waals surface area (Å²) in [7, 11) is 0. The SMILES string of the molecule is CCC(C)C(=O)Oc1ccc2c(c1)CCC(=O)O2. The molecule has 1 aliphatic heterocycles. The van der Waals surface area contributed by atoms with Crippen LogP contribution in [0.5, 0.6) is 11.5 Å². The Morgan fingerprint density at radius 3 is 2.94 bits per heavy atom. The Labute approximate surface area is 106 Å². The molecule has 0 aromatic heterocycles. The van der Waals surface area contributed by atoms with Gasteiger partial charge in [0.05, 0.1) is 12.3 Å². The molecule has 1 aromatic rings. The first kappa shape index (κ1) is 12.6. The number of hydrogen-bond donors (Lipinski definition) is 0. The van der Waals surface area contributed by atoms with E-state index < -0.39 is 0 Å². The number of ether oxygens (including phenoxy) is 2. The van der Waals surface area contributed by atoms with E-state index >= 15 is 0 Å². The highest BCUT2D eigenvalue weighted by Gasteiger charge is 2.19. The van der Waals surface area contributed by atoms with Crippen LogP contribution in [0.15, 0.2) is 18.2 Å². The van der Waals surface area contributed by atoms with Crippen molar-refractivity contribution >= 4 is 11.9 Å². The molecule has 0 radical (unpaired) electrons. The van der Waals surface area contributed by atoms with Gasteiger partial charge in [0.2, 0.25) is 0 Å². The Bertz CT molecular complexity index is 479. The first-order valence-corrected chi connectivity index (χ1v) is 6.15. The summed E-state index contributed by atoms with van der Waals surface area (Å²) in [5, 5.41) is 0. The average molecular weight is 248 g/mol. The second-order valence-corrected chi connectivity index (χ2v) is 4.47. The van der Waals surface area contributed by atoms with Crippen molar-refractivity contribution in [2.45, 2.75) is 33.1 Å². The Hall–Kier alpha value is -1.84. The average Bonchev–Trinajstić information content (AvgIpc) is 2.38. The lowest BCUT2D eigenvalue weighted by atomic mass is 10.1. The molecule has 4 heteroatoms. The number of hydrogen-bond acceptors (Lipinski definition) is 4. The van der Waals surface area contributed by atoms with Crippen molar-refractivity contribution in [2.75, 3.05) is 0 Å². The maximum atomic E-state index is 11.7. The monoisotopic (exact) mass is 248 g/mol. The molecule has 0 saturated heterocycles. The summed E-state index contributed by atoms with van der Waals surface area (Å²) in [6.07, 6.45) is 1.75. The second-order valence-electron chi connectivity index (χ2n) is 4.47. The number of benzene rings is 1. The van der Waals surface area contributed by atoms with Crippen LogP contribution in [0, 0.1) is 5.92 Å². The van der Waals surface area contributed by atoms with E-state index in [4.69, 9.17) is 9.47 Å². The Morgan fingerprint density at radius 2 is 2.22 bits per heavy atom. The molecule has 0 amide bonds. The van der Waals surface area contributed by atoms with Crippen molar-refractivity contribution in [3.05, 3.63) is 23.8 Å². The van der Waals surface area contributed by atoms with Gasteiger partial charge in [0.25, 0.3) is 0 Å². The topological polar surface area (TPSA) is 52.6 Å². The maximum Gasteiger partial charge on any atom is 0.314 e. The summed E-state index contributed by atoms with van der Waals surface area (Å²) in [6.45, 7) is 3.78. The first-order chi connectivity index (χ1) is 8.60. The van der Waals surface area contributed by atoms with Gasteiger partial charge in [-0.3, -0.25) is 9.59 Å². The molecule has 1 heterocycles. The van der Waals surface area contributed by atoms with Crippen molar-refractivity contribution in [3.8, 4) is 11.5 Å². The van der Waals surface area contributed by atoms with Crippen LogP contribution in [0.3, 0.4) is 0 Å². The molecule has 96 valence electrons. The van der Waals surface area contributed by atoms with Crippen LogP contribution in [0.25, 0.3) is 0 Å². The highest BCUT2D eigenvalue weighted by atomic mass is 16.5. The van der Waals surface area contributed by atoms with Gasteiger partial charge in [-0.25, -0.2) is 0 Å². The largest absolute Gasteiger partial charge is 0.426 e. The van der Waals surface area contributed by atoms with E-state index in [1.165, 1.54) is 0 Å². The minimum Gasteiger partial charge on any atom is -0.426 e. The number of esters is 2. The molecule has 1 atom stereocenters. The second kappa shape index (κ2) is 5.21. The highest BCUT2D eigenvalue weighted by Crippen LogP contribution is 2.29. The van der Waals surface area contributed by atoms with Crippen LogP contribution in [-0.2, 0) is 16.0 Å². The van der Waals surface area contributed by atoms with Crippen molar-refractivity contribution in [1.82, 2.24) is 0 Å². The maximum absolute atomic E-state index is 11.7. The van der Waals surface area contributed by atoms with Gasteiger partial charge in [-0.1, -0.05) is 13.8 Å². The Kier molecular flexibility index (Phi) is 3.65. The van der Waals surface area contributed by atoms with Gasteiger partial charge >= 0.3 is 11.9 Å². The smallest absolute Gasteiger partial charge is 0.314 e. The van der Waals surface area contributed by atoms with Crippen molar-refractivity contribution in [3.63, 3.8) is 0 Å². The van der Waals surface area contributed by atoms with Gasteiger partial charge in [0.15, 0.2) is 0 Å². The quantitative estimate of drug-likeness (QED) is 0.609. The minimum absolute atomic E-state index is 0.112. The van der Waals surface area contributed by atoms with Crippen molar-refractivity contribution in [2.24, 2.45) is 5.92 Å². The normalized spacial score (nSPS) is 15.6. The number of fused-ring (bicyclic) bond motifs is 1. The fraction of sp³-hybridized carbons (Fsp3) is 0.429. The Morgan fingerprint density at radius 1 is 1.44 bits per heavy atom. The number of aryl methyl sites for hydroxylation is 1. The van der Waals surface area contributed by atoms with Crippen LogP contribution in [0.1, 0.15) is 32.3 Å². The van der Waals surface area contributed by atoms with E-state index in [-0.39, 0.29) is 17.9 Å². The molecule has 0 bridgehead atoms. The van der Waals surface area contributed by atoms with Crippen molar-refractivity contribution in [1.29, 1.82) is 0 Å². The molecule has 0 spiro atoms. The van der Waals surface area contributed by atoms with E-state index in [0.717, 1.165) is 12.0 Å². The van der Waals surface area contributed by atoms with E-state index in [2.05, 4.69) is 0 Å². The number of carbonyl (C=O) groups excluding carboxylic acids is 2. The fourth-order valence-corrected chi connectivity index (χ4v) is 1.71. The van der Waals surface area contributed by atoms with Gasteiger partial charge in [-0.05, 0) is 36.6 Å². The minimum atomic E-state index is -0.231. The Balaban J connectivity index is 2.12. The summed E-state index contributed by atoms with van der Waals surface area (Å²) >= 11 is 0. The zero-order valence-electron chi connectivity index (χ0n) is 10.6. The van der Waals surface area contributed by atoms with E-state index in [9.17, 15) is 9.59 Å². The van der Waals surface area contributed by atoms with E-state index in [0.29, 0.717) is 24.3 Å². The van der Waals surface area contributed by atoms with Gasteiger partial charge in [-0.15, -0.1) is 0 Å². The van der Waals surface area contributed by atoms with Crippen LogP contribution in [0.2, 0.25) is 0 Å². The van der Waals surface area contributed by atoms with Crippen LogP contribution >= 0.6 is 0 Å². The molecule has 1 aliphatic rings. The zero-order valence-corrected chi connectivity index (χ0v) is 10.6. The number of rotatable bonds is 3. The summed E-state index contributed by atoms with van der Waals surface area (Å²) in [5.41, 5.74) is 0.907. The molecule has 0 fully saturated rings. The molecule has 0 saturated carbocycles. The van der Waals surface area contributed by atoms with Crippen LogP contribution in [-0.4, -0.2) is 11.9 Å². The van der Waals surface area contributed by atoms with Crippen LogP contribution in [0.4, 0.5) is 0 Å². The van der Waals surface area contributed by atoms with E-state index in [1.807, 2.05) is 13.8 Å². The van der Waals surface area contributed by atoms with E-state index in [1.54, 1.807) is 18.2 Å². The lowest BCUT2D eigenvalue weighted by molar-refractivity contribution is -0.138. The third kappa shape index (κ3) is 2.70. The fourth-order valence-electron chi connectivity index (χ4n) is 1.71. The summed E-state index contributed by atoms with van der Waals surface area (Å²) in [6, 6.07) is 5.09. The summed E-state index contributed by atoms with van der Waals surface area (Å²) < 4.78 is 10.4. The third-order valence-corrected chi connectivity index (χ3v) is 3.09. The molecule has 2 rings (SSSR count). The molecular weight excluding hydrogens is 232 g/mol. The predicted molar refractivity (Wildman–Crippen MR) is 65.5 cm³/mol. The highest BCUT2D eigenvalue weighted by molar-refractivity contribution is 5.77. The van der Waals surface area contributed by atoms with Gasteiger partial charge in [0, 0.05) is 0 Å². The third-order valence-electron chi connectivity index (χ3n) is 3.09. The van der Waals surface area contributed by atoms with Crippen LogP contribution < -0.4 is 9.47 Å². The van der Waals surface area contributed by atoms with Gasteiger partial charge < -0.3 is 9.47 Å². The molecule has 4 nitrogen and oxygen atoms in total. The van der Waals surface area contributed by atoms with Gasteiger partial charge in [-0.2, -0.15) is 0 Å².